The summed E-state index contributed by atoms with van der Waals surface area (Å²) in [6.45, 7) is 0.176. The molecule has 1 aliphatic heterocycles. The third-order valence-corrected chi connectivity index (χ3v) is 5.50. The molecule has 4 rings (SSSR count). The maximum Gasteiger partial charge on any atom is 0.293 e. The number of thioether (sulfide) groups is 1. The van der Waals surface area contributed by atoms with E-state index in [1.807, 2.05) is 12.1 Å². The molecule has 0 saturated carbocycles. The quantitative estimate of drug-likeness (QED) is 0.610. The SMILES string of the molecule is O=C(NCCN1C(=O)S/C(=C\c2ccc(Cl)cc2)C1=O)c1cnc2ccccc2n1. The highest BCUT2D eigenvalue weighted by atomic mass is 35.5. The molecule has 3 aromatic rings. The molecular formula is C21H15ClN4O3S. The van der Waals surface area contributed by atoms with E-state index in [4.69, 9.17) is 11.6 Å². The Hall–Kier alpha value is -3.23. The average Bonchev–Trinajstić information content (AvgIpc) is 3.02. The standard InChI is InChI=1S/C21H15ClN4O3S/c22-14-7-5-13(6-8-14)11-18-20(28)26(21(29)30-18)10-9-23-19(27)17-12-24-15-3-1-2-4-16(15)25-17/h1-8,11-12H,9-10H2,(H,23,27)/b18-11-. The van der Waals surface area contributed by atoms with Crippen LogP contribution in [0.5, 0.6) is 0 Å². The van der Waals surface area contributed by atoms with Gasteiger partial charge >= 0.3 is 0 Å². The molecule has 1 aliphatic rings. The fourth-order valence-electron chi connectivity index (χ4n) is 2.84. The maximum absolute atomic E-state index is 12.5. The summed E-state index contributed by atoms with van der Waals surface area (Å²) in [4.78, 5) is 47.0. The number of amides is 3. The third kappa shape index (κ3) is 4.34. The van der Waals surface area contributed by atoms with Crippen molar-refractivity contribution in [1.82, 2.24) is 20.2 Å². The van der Waals surface area contributed by atoms with E-state index >= 15 is 0 Å². The predicted octanol–water partition coefficient (Wildman–Crippen LogP) is 3.75. The van der Waals surface area contributed by atoms with Crippen LogP contribution in [0.15, 0.2) is 59.6 Å². The van der Waals surface area contributed by atoms with E-state index < -0.39 is 5.91 Å². The number of carbonyl (C=O) groups is 3. The summed E-state index contributed by atoms with van der Waals surface area (Å²) in [5.41, 5.74) is 2.25. The highest BCUT2D eigenvalue weighted by Gasteiger charge is 2.34. The molecule has 1 saturated heterocycles. The number of fused-ring (bicyclic) bond motifs is 1. The van der Waals surface area contributed by atoms with Gasteiger partial charge in [0.05, 0.1) is 22.1 Å². The van der Waals surface area contributed by atoms with Crippen molar-refractivity contribution in [3.05, 3.63) is 75.9 Å². The zero-order valence-electron chi connectivity index (χ0n) is 15.5. The van der Waals surface area contributed by atoms with Crippen LogP contribution in [0.4, 0.5) is 4.79 Å². The second kappa shape index (κ2) is 8.64. The zero-order chi connectivity index (χ0) is 21.1. The van der Waals surface area contributed by atoms with Crippen LogP contribution in [0.1, 0.15) is 16.1 Å². The Bertz CT molecular complexity index is 1180. The number of nitrogens with zero attached hydrogens (tertiary/aromatic N) is 3. The van der Waals surface area contributed by atoms with Crippen molar-refractivity contribution in [2.24, 2.45) is 0 Å². The molecule has 0 unspecified atom stereocenters. The number of para-hydroxylation sites is 2. The van der Waals surface area contributed by atoms with Gasteiger partial charge in [0, 0.05) is 18.1 Å². The molecule has 0 spiro atoms. The fourth-order valence-corrected chi connectivity index (χ4v) is 3.83. The van der Waals surface area contributed by atoms with Gasteiger partial charge in [0.25, 0.3) is 17.1 Å². The number of hydrogen-bond acceptors (Lipinski definition) is 6. The summed E-state index contributed by atoms with van der Waals surface area (Å²) in [7, 11) is 0. The first-order valence-electron chi connectivity index (χ1n) is 9.02. The van der Waals surface area contributed by atoms with Gasteiger partial charge in [0.15, 0.2) is 0 Å². The molecule has 7 nitrogen and oxygen atoms in total. The fraction of sp³-hybridized carbons (Fsp3) is 0.0952. The van der Waals surface area contributed by atoms with Crippen LogP contribution < -0.4 is 5.32 Å². The third-order valence-electron chi connectivity index (χ3n) is 4.34. The lowest BCUT2D eigenvalue weighted by Gasteiger charge is -2.12. The Balaban J connectivity index is 1.37. The van der Waals surface area contributed by atoms with E-state index in [0.717, 1.165) is 22.2 Å². The first-order valence-corrected chi connectivity index (χ1v) is 10.2. The Morgan fingerprint density at radius 3 is 2.60 bits per heavy atom. The van der Waals surface area contributed by atoms with Crippen LogP contribution >= 0.6 is 23.4 Å². The summed E-state index contributed by atoms with van der Waals surface area (Å²) < 4.78 is 0. The van der Waals surface area contributed by atoms with E-state index in [1.165, 1.54) is 6.20 Å². The lowest BCUT2D eigenvalue weighted by Crippen LogP contribution is -2.37. The van der Waals surface area contributed by atoms with Gasteiger partial charge in [0.1, 0.15) is 5.69 Å². The summed E-state index contributed by atoms with van der Waals surface area (Å²) >= 11 is 6.73. The number of imide groups is 1. The first-order chi connectivity index (χ1) is 14.5. The first kappa shape index (κ1) is 20.1. The van der Waals surface area contributed by atoms with Crippen molar-refractivity contribution in [2.45, 2.75) is 0 Å². The molecule has 150 valence electrons. The van der Waals surface area contributed by atoms with Crippen LogP contribution in [0.3, 0.4) is 0 Å². The molecule has 30 heavy (non-hydrogen) atoms. The number of nitrogens with one attached hydrogen (secondary N) is 1. The summed E-state index contributed by atoms with van der Waals surface area (Å²) in [5.74, 6) is -0.809. The van der Waals surface area contributed by atoms with Gasteiger partial charge < -0.3 is 5.32 Å². The minimum absolute atomic E-state index is 0.0649. The number of rotatable bonds is 5. The lowest BCUT2D eigenvalue weighted by molar-refractivity contribution is -0.122. The molecule has 3 amide bonds. The second-order valence-electron chi connectivity index (χ2n) is 6.38. The Kier molecular flexibility index (Phi) is 5.78. The molecule has 9 heteroatoms. The predicted molar refractivity (Wildman–Crippen MR) is 116 cm³/mol. The number of hydrogen-bond donors (Lipinski definition) is 1. The van der Waals surface area contributed by atoms with Gasteiger partial charge in [-0.25, -0.2) is 4.98 Å². The molecule has 1 aromatic heterocycles. The van der Waals surface area contributed by atoms with Crippen molar-refractivity contribution < 1.29 is 14.4 Å². The average molecular weight is 439 g/mol. The number of aromatic nitrogens is 2. The molecule has 1 N–H and O–H groups in total. The van der Waals surface area contributed by atoms with Gasteiger partial charge in [-0.3, -0.25) is 24.3 Å². The van der Waals surface area contributed by atoms with Crippen LogP contribution in [-0.4, -0.2) is 45.0 Å². The minimum atomic E-state index is -0.420. The molecular weight excluding hydrogens is 424 g/mol. The summed E-state index contributed by atoms with van der Waals surface area (Å²) in [5, 5.41) is 2.89. The van der Waals surface area contributed by atoms with Crippen LogP contribution in [0, 0.1) is 0 Å². The Labute approximate surface area is 181 Å². The van der Waals surface area contributed by atoms with Crippen molar-refractivity contribution in [3.8, 4) is 0 Å². The van der Waals surface area contributed by atoms with Gasteiger partial charge in [-0.2, -0.15) is 0 Å². The molecule has 2 aromatic carbocycles. The molecule has 0 atom stereocenters. The van der Waals surface area contributed by atoms with E-state index in [0.29, 0.717) is 21.0 Å². The maximum atomic E-state index is 12.5. The largest absolute Gasteiger partial charge is 0.349 e. The second-order valence-corrected chi connectivity index (χ2v) is 7.81. The zero-order valence-corrected chi connectivity index (χ0v) is 17.1. The molecule has 0 radical (unpaired) electrons. The molecule has 0 bridgehead atoms. The van der Waals surface area contributed by atoms with Crippen LogP contribution in [-0.2, 0) is 4.79 Å². The Morgan fingerprint density at radius 1 is 1.10 bits per heavy atom. The number of halogens is 1. The number of benzene rings is 2. The topological polar surface area (TPSA) is 92.3 Å². The highest BCUT2D eigenvalue weighted by molar-refractivity contribution is 8.18. The molecule has 0 aliphatic carbocycles. The molecule has 1 fully saturated rings. The van der Waals surface area contributed by atoms with Gasteiger partial charge in [0.2, 0.25) is 0 Å². The monoisotopic (exact) mass is 438 g/mol. The summed E-state index contributed by atoms with van der Waals surface area (Å²) in [6, 6.07) is 14.2. The summed E-state index contributed by atoms with van der Waals surface area (Å²) in [6.07, 6.45) is 3.04. The lowest BCUT2D eigenvalue weighted by atomic mass is 10.2. The Morgan fingerprint density at radius 2 is 1.83 bits per heavy atom. The van der Waals surface area contributed by atoms with E-state index in [1.54, 1.807) is 42.5 Å². The number of carbonyl (C=O) groups excluding carboxylic acids is 3. The van der Waals surface area contributed by atoms with Crippen molar-refractivity contribution in [1.29, 1.82) is 0 Å². The smallest absolute Gasteiger partial charge is 0.293 e. The minimum Gasteiger partial charge on any atom is -0.349 e. The van der Waals surface area contributed by atoms with E-state index in [-0.39, 0.29) is 29.9 Å². The van der Waals surface area contributed by atoms with Crippen molar-refractivity contribution in [3.63, 3.8) is 0 Å². The highest BCUT2D eigenvalue weighted by Crippen LogP contribution is 2.32. The van der Waals surface area contributed by atoms with E-state index in [2.05, 4.69) is 15.3 Å². The van der Waals surface area contributed by atoms with Crippen LogP contribution in [0.2, 0.25) is 5.02 Å². The van der Waals surface area contributed by atoms with Crippen molar-refractivity contribution >= 4 is 57.5 Å². The van der Waals surface area contributed by atoms with Gasteiger partial charge in [-0.1, -0.05) is 35.9 Å². The van der Waals surface area contributed by atoms with Gasteiger partial charge in [-0.05, 0) is 47.7 Å². The molecule has 2 heterocycles. The van der Waals surface area contributed by atoms with Gasteiger partial charge in [-0.15, -0.1) is 0 Å². The van der Waals surface area contributed by atoms with E-state index in [9.17, 15) is 14.4 Å². The van der Waals surface area contributed by atoms with Crippen LogP contribution in [0.25, 0.3) is 17.1 Å². The van der Waals surface area contributed by atoms with Crippen molar-refractivity contribution in [2.75, 3.05) is 13.1 Å². The normalized spacial score (nSPS) is 15.2.